The average molecular weight is 1060 g/mol. The first-order valence-electron chi connectivity index (χ1n) is 34.1. The van der Waals surface area contributed by atoms with E-state index in [0.717, 1.165) is 44.9 Å². The molecule has 1 amide bonds. The zero-order chi connectivity index (χ0) is 54.3. The van der Waals surface area contributed by atoms with Gasteiger partial charge in [-0.2, -0.15) is 0 Å². The van der Waals surface area contributed by atoms with Crippen molar-refractivity contribution in [2.24, 2.45) is 0 Å². The third-order valence-corrected chi connectivity index (χ3v) is 16.0. The van der Waals surface area contributed by atoms with Gasteiger partial charge in [0, 0.05) is 12.8 Å². The molecule has 0 bridgehead atoms. The Bertz CT molecular complexity index is 1170. The molecule has 444 valence electrons. The lowest BCUT2D eigenvalue weighted by molar-refractivity contribution is -0.143. The number of ether oxygens (including phenoxy) is 1. The standard InChI is InChI=1S/C69H133NO5/c1-3-5-7-9-11-13-15-17-37-41-45-49-53-57-61-67(72)66(65-71)70-68(73)62-58-54-50-46-42-38-35-33-31-29-27-25-23-21-19-20-22-24-26-28-30-32-34-36-40-44-48-52-56-60-64-75-69(74)63-59-55-51-47-43-39-18-16-14-12-10-8-6-4-2/h16,18,57,61,66-67,71-72H,3-15,17,19-56,58-60,62-65H2,1-2H3,(H,70,73)/b18-16-,61-57+. The van der Waals surface area contributed by atoms with Crippen LogP contribution in [0.25, 0.3) is 0 Å². The monoisotopic (exact) mass is 1060 g/mol. The van der Waals surface area contributed by atoms with Crippen molar-refractivity contribution in [2.75, 3.05) is 13.2 Å². The van der Waals surface area contributed by atoms with Crippen molar-refractivity contribution in [3.63, 3.8) is 0 Å². The lowest BCUT2D eigenvalue weighted by atomic mass is 10.0. The van der Waals surface area contributed by atoms with E-state index in [1.807, 2.05) is 6.08 Å². The molecule has 0 rings (SSSR count). The van der Waals surface area contributed by atoms with Crippen LogP contribution in [0, 0.1) is 0 Å². The highest BCUT2D eigenvalue weighted by atomic mass is 16.5. The minimum atomic E-state index is -0.841. The number of carbonyl (C=O) groups excluding carboxylic acids is 2. The minimum absolute atomic E-state index is 0.0116. The summed E-state index contributed by atoms with van der Waals surface area (Å²) in [5, 5.41) is 23.1. The molecule has 75 heavy (non-hydrogen) atoms. The maximum Gasteiger partial charge on any atom is 0.305 e. The van der Waals surface area contributed by atoms with E-state index in [2.05, 4.69) is 31.3 Å². The summed E-state index contributed by atoms with van der Waals surface area (Å²) in [6.45, 7) is 4.92. The van der Waals surface area contributed by atoms with Gasteiger partial charge >= 0.3 is 5.97 Å². The van der Waals surface area contributed by atoms with E-state index in [9.17, 15) is 19.8 Å². The molecule has 0 saturated heterocycles. The van der Waals surface area contributed by atoms with Crippen LogP contribution < -0.4 is 5.32 Å². The first-order chi connectivity index (χ1) is 37.0. The number of aliphatic hydroxyl groups is 2. The number of esters is 1. The molecule has 2 atom stereocenters. The minimum Gasteiger partial charge on any atom is -0.466 e. The van der Waals surface area contributed by atoms with E-state index >= 15 is 0 Å². The number of nitrogens with one attached hydrogen (secondary N) is 1. The summed E-state index contributed by atoms with van der Waals surface area (Å²) >= 11 is 0. The van der Waals surface area contributed by atoms with Crippen molar-refractivity contribution in [3.05, 3.63) is 24.3 Å². The zero-order valence-electron chi connectivity index (χ0n) is 50.8. The Labute approximate surface area is 469 Å². The van der Waals surface area contributed by atoms with Gasteiger partial charge in [-0.25, -0.2) is 0 Å². The topological polar surface area (TPSA) is 95.9 Å². The van der Waals surface area contributed by atoms with E-state index in [1.54, 1.807) is 6.08 Å². The van der Waals surface area contributed by atoms with E-state index in [-0.39, 0.29) is 18.5 Å². The Kier molecular flexibility index (Phi) is 63.4. The molecule has 0 aliphatic rings. The van der Waals surface area contributed by atoms with Crippen LogP contribution in [0.4, 0.5) is 0 Å². The fourth-order valence-electron chi connectivity index (χ4n) is 10.7. The molecule has 0 radical (unpaired) electrons. The predicted octanol–water partition coefficient (Wildman–Crippen LogP) is 21.8. The van der Waals surface area contributed by atoms with Gasteiger partial charge in [-0.05, 0) is 57.8 Å². The summed E-state index contributed by atoms with van der Waals surface area (Å²) in [7, 11) is 0. The zero-order valence-corrected chi connectivity index (χ0v) is 50.8. The van der Waals surface area contributed by atoms with Gasteiger partial charge in [-0.15, -0.1) is 0 Å². The number of hydrogen-bond acceptors (Lipinski definition) is 5. The van der Waals surface area contributed by atoms with Gasteiger partial charge in [-0.3, -0.25) is 9.59 Å². The molecule has 0 aromatic rings. The highest BCUT2D eigenvalue weighted by molar-refractivity contribution is 5.76. The van der Waals surface area contributed by atoms with E-state index < -0.39 is 12.1 Å². The van der Waals surface area contributed by atoms with Crippen molar-refractivity contribution in [3.8, 4) is 0 Å². The van der Waals surface area contributed by atoms with Crippen molar-refractivity contribution in [1.29, 1.82) is 0 Å². The van der Waals surface area contributed by atoms with Crippen LogP contribution in [0.5, 0.6) is 0 Å². The van der Waals surface area contributed by atoms with Gasteiger partial charge in [0.25, 0.3) is 0 Å². The number of allylic oxidation sites excluding steroid dienone is 3. The van der Waals surface area contributed by atoms with Gasteiger partial charge in [0.05, 0.1) is 25.4 Å². The van der Waals surface area contributed by atoms with Gasteiger partial charge in [0.2, 0.25) is 5.91 Å². The Morgan fingerprint density at radius 3 is 0.947 bits per heavy atom. The van der Waals surface area contributed by atoms with Crippen molar-refractivity contribution in [2.45, 2.75) is 392 Å². The molecule has 0 aromatic heterocycles. The van der Waals surface area contributed by atoms with Crippen LogP contribution in [0.1, 0.15) is 380 Å². The Morgan fingerprint density at radius 2 is 0.627 bits per heavy atom. The van der Waals surface area contributed by atoms with Gasteiger partial charge in [0.15, 0.2) is 0 Å². The Balaban J connectivity index is 3.34. The summed E-state index contributed by atoms with van der Waals surface area (Å²) in [6, 6.07) is -0.624. The molecule has 0 aliphatic heterocycles. The SMILES string of the molecule is CCCCCCC/C=C\CCCCCCCC(=O)OCCCCCCCCCCCCCCCCCCCCCCCCCCCCCCCCC(=O)NC(CO)C(O)/C=C/CCCCCCCCCCCCCC. The molecule has 3 N–H and O–H groups in total. The third-order valence-electron chi connectivity index (χ3n) is 16.0. The summed E-state index contributed by atoms with van der Waals surface area (Å²) in [4.78, 5) is 24.5. The van der Waals surface area contributed by atoms with Crippen LogP contribution >= 0.6 is 0 Å². The second-order valence-electron chi connectivity index (χ2n) is 23.5. The molecule has 0 aromatic carbocycles. The van der Waals surface area contributed by atoms with Crippen LogP contribution in [0.2, 0.25) is 0 Å². The quantitative estimate of drug-likeness (QED) is 0.0320. The number of amides is 1. The van der Waals surface area contributed by atoms with Gasteiger partial charge in [0.1, 0.15) is 0 Å². The maximum absolute atomic E-state index is 12.5. The molecule has 0 saturated carbocycles. The summed E-state index contributed by atoms with van der Waals surface area (Å²) in [5.41, 5.74) is 0. The molecule has 0 fully saturated rings. The summed E-state index contributed by atoms with van der Waals surface area (Å²) in [6.07, 6.45) is 81.1. The lowest BCUT2D eigenvalue weighted by Gasteiger charge is -2.20. The first kappa shape index (κ1) is 73.3. The second-order valence-corrected chi connectivity index (χ2v) is 23.5. The maximum atomic E-state index is 12.5. The molecule has 6 heteroatoms. The average Bonchev–Trinajstić information content (AvgIpc) is 3.41. The Hall–Kier alpha value is -1.66. The second kappa shape index (κ2) is 64.9. The fourth-order valence-corrected chi connectivity index (χ4v) is 10.7. The molecule has 0 aliphatic carbocycles. The van der Waals surface area contributed by atoms with Crippen molar-refractivity contribution >= 4 is 11.9 Å². The van der Waals surface area contributed by atoms with Crippen LogP contribution in [-0.2, 0) is 14.3 Å². The normalized spacial score (nSPS) is 12.6. The van der Waals surface area contributed by atoms with Crippen molar-refractivity contribution in [1.82, 2.24) is 5.32 Å². The van der Waals surface area contributed by atoms with Crippen LogP contribution in [0.3, 0.4) is 0 Å². The molecule has 0 spiro atoms. The smallest absolute Gasteiger partial charge is 0.305 e. The number of aliphatic hydroxyl groups excluding tert-OH is 2. The summed E-state index contributed by atoms with van der Waals surface area (Å²) in [5.74, 6) is -0.0506. The lowest BCUT2D eigenvalue weighted by Crippen LogP contribution is -2.45. The van der Waals surface area contributed by atoms with Crippen LogP contribution in [-0.4, -0.2) is 47.4 Å². The molecule has 6 nitrogen and oxygen atoms in total. The molecular weight excluding hydrogens is 923 g/mol. The Morgan fingerprint density at radius 1 is 0.360 bits per heavy atom. The number of rotatable bonds is 64. The number of carbonyl (C=O) groups is 2. The van der Waals surface area contributed by atoms with Crippen LogP contribution in [0.15, 0.2) is 24.3 Å². The highest BCUT2D eigenvalue weighted by Gasteiger charge is 2.18. The molecule has 2 unspecified atom stereocenters. The molecular formula is C69H133NO5. The highest BCUT2D eigenvalue weighted by Crippen LogP contribution is 2.19. The van der Waals surface area contributed by atoms with E-state index in [4.69, 9.17) is 4.74 Å². The predicted molar refractivity (Wildman–Crippen MR) is 329 cm³/mol. The molecule has 0 heterocycles. The number of hydrogen-bond donors (Lipinski definition) is 3. The van der Waals surface area contributed by atoms with E-state index in [1.165, 1.54) is 308 Å². The largest absolute Gasteiger partial charge is 0.466 e. The van der Waals surface area contributed by atoms with E-state index in [0.29, 0.717) is 19.4 Å². The summed E-state index contributed by atoms with van der Waals surface area (Å²) < 4.78 is 5.49. The van der Waals surface area contributed by atoms with Gasteiger partial charge < -0.3 is 20.3 Å². The third kappa shape index (κ3) is 61.4. The fraction of sp³-hybridized carbons (Fsp3) is 0.913. The number of unbranched alkanes of at least 4 members (excludes halogenated alkanes) is 51. The van der Waals surface area contributed by atoms with Gasteiger partial charge in [-0.1, -0.05) is 334 Å². The first-order valence-corrected chi connectivity index (χ1v) is 34.1. The van der Waals surface area contributed by atoms with Crippen molar-refractivity contribution < 1.29 is 24.5 Å².